The van der Waals surface area contributed by atoms with Crippen molar-refractivity contribution < 1.29 is 19.1 Å². The summed E-state index contributed by atoms with van der Waals surface area (Å²) < 4.78 is 13.2. The molecule has 8 heteroatoms. The Hall–Kier alpha value is -4.48. The maximum atomic E-state index is 13.7. The fourth-order valence-electron chi connectivity index (χ4n) is 4.66. The van der Waals surface area contributed by atoms with E-state index in [4.69, 9.17) is 14.6 Å². The standard InChI is InChI=1S/C33H36N4O4/c1-6-16-41-27-13-14-28(23(4)18-27)31-25(21-37(35-31)26-11-8-7-9-12-26)19-29-24(5)30(20-34)33(39)36(32(29)38)15-10-17-40-22(2)3/h7-9,11-14,18-19,21-22H,6,10,15-17H2,1-5H3/b29-19+. The predicted molar refractivity (Wildman–Crippen MR) is 158 cm³/mol. The molecule has 0 unspecified atom stereocenters. The lowest BCUT2D eigenvalue weighted by Gasteiger charge is -2.27. The fourth-order valence-corrected chi connectivity index (χ4v) is 4.66. The summed E-state index contributed by atoms with van der Waals surface area (Å²) in [6.07, 6.45) is 5.04. The molecule has 0 atom stereocenters. The Balaban J connectivity index is 1.80. The van der Waals surface area contributed by atoms with Crippen molar-refractivity contribution in [3.63, 3.8) is 0 Å². The van der Waals surface area contributed by atoms with Gasteiger partial charge in [-0.25, -0.2) is 4.68 Å². The van der Waals surface area contributed by atoms with Crippen LogP contribution >= 0.6 is 0 Å². The van der Waals surface area contributed by atoms with Crippen molar-refractivity contribution in [1.82, 2.24) is 14.7 Å². The molecule has 0 fully saturated rings. The number of carbonyl (C=O) groups is 2. The minimum Gasteiger partial charge on any atom is -0.494 e. The number of ether oxygens (including phenoxy) is 2. The van der Waals surface area contributed by atoms with Crippen LogP contribution in [0, 0.1) is 18.3 Å². The maximum Gasteiger partial charge on any atom is 0.271 e. The van der Waals surface area contributed by atoms with Crippen LogP contribution in [-0.4, -0.2) is 52.4 Å². The molecule has 0 radical (unpaired) electrons. The van der Waals surface area contributed by atoms with Crippen LogP contribution in [-0.2, 0) is 14.3 Å². The summed E-state index contributed by atoms with van der Waals surface area (Å²) in [6, 6.07) is 17.6. The number of rotatable bonds is 11. The van der Waals surface area contributed by atoms with Gasteiger partial charge in [0, 0.05) is 36.0 Å². The Morgan fingerprint density at radius 1 is 1.05 bits per heavy atom. The summed E-state index contributed by atoms with van der Waals surface area (Å²) in [5.41, 5.74) is 4.70. The van der Waals surface area contributed by atoms with Crippen molar-refractivity contribution in [2.45, 2.75) is 53.6 Å². The van der Waals surface area contributed by atoms with Crippen LogP contribution in [0.3, 0.4) is 0 Å². The Labute approximate surface area is 241 Å². The molecule has 0 N–H and O–H groups in total. The quantitative estimate of drug-likeness (QED) is 0.163. The number of aromatic nitrogens is 2. The van der Waals surface area contributed by atoms with E-state index in [2.05, 4.69) is 6.92 Å². The third kappa shape index (κ3) is 6.64. The molecule has 3 aromatic rings. The number of benzene rings is 2. The minimum atomic E-state index is -0.574. The molecule has 0 saturated heterocycles. The highest BCUT2D eigenvalue weighted by atomic mass is 16.5. The summed E-state index contributed by atoms with van der Waals surface area (Å²) in [7, 11) is 0. The number of nitriles is 1. The van der Waals surface area contributed by atoms with Crippen LogP contribution in [0.4, 0.5) is 0 Å². The molecule has 0 saturated carbocycles. The first-order valence-corrected chi connectivity index (χ1v) is 13.9. The molecule has 41 heavy (non-hydrogen) atoms. The fraction of sp³-hybridized carbons (Fsp3) is 0.333. The van der Waals surface area contributed by atoms with E-state index in [1.165, 1.54) is 0 Å². The van der Waals surface area contributed by atoms with Crippen molar-refractivity contribution in [2.24, 2.45) is 0 Å². The molecule has 0 bridgehead atoms. The summed E-state index contributed by atoms with van der Waals surface area (Å²) >= 11 is 0. The molecule has 2 aromatic carbocycles. The second-order valence-corrected chi connectivity index (χ2v) is 10.2. The molecule has 0 aliphatic carbocycles. The van der Waals surface area contributed by atoms with E-state index in [0.29, 0.717) is 42.0 Å². The summed E-state index contributed by atoms with van der Waals surface area (Å²) in [6.45, 7) is 10.8. The largest absolute Gasteiger partial charge is 0.494 e. The van der Waals surface area contributed by atoms with Crippen LogP contribution in [0.2, 0.25) is 0 Å². The average molecular weight is 553 g/mol. The van der Waals surface area contributed by atoms with Gasteiger partial charge < -0.3 is 9.47 Å². The Morgan fingerprint density at radius 2 is 1.80 bits per heavy atom. The third-order valence-electron chi connectivity index (χ3n) is 6.79. The molecule has 212 valence electrons. The topological polar surface area (TPSA) is 97.4 Å². The predicted octanol–water partition coefficient (Wildman–Crippen LogP) is 6.04. The van der Waals surface area contributed by atoms with E-state index in [-0.39, 0.29) is 18.2 Å². The van der Waals surface area contributed by atoms with Gasteiger partial charge in [0.15, 0.2) is 0 Å². The highest BCUT2D eigenvalue weighted by molar-refractivity contribution is 6.19. The second-order valence-electron chi connectivity index (χ2n) is 10.2. The van der Waals surface area contributed by atoms with E-state index in [1.807, 2.05) is 81.6 Å². The molecule has 1 aliphatic rings. The second kappa shape index (κ2) is 13.2. The molecule has 2 amide bonds. The highest BCUT2D eigenvalue weighted by Gasteiger charge is 2.35. The molecule has 4 rings (SSSR count). The number of para-hydroxylation sites is 1. The van der Waals surface area contributed by atoms with Gasteiger partial charge in [0.25, 0.3) is 11.8 Å². The molecule has 2 heterocycles. The van der Waals surface area contributed by atoms with Crippen molar-refractivity contribution in [2.75, 3.05) is 19.8 Å². The summed E-state index contributed by atoms with van der Waals surface area (Å²) in [5, 5.41) is 14.7. The zero-order valence-electron chi connectivity index (χ0n) is 24.3. The van der Waals surface area contributed by atoms with Gasteiger partial charge in [-0.05, 0) is 88.1 Å². The lowest BCUT2D eigenvalue weighted by atomic mass is 9.92. The number of aryl methyl sites for hydroxylation is 1. The number of hydrogen-bond donors (Lipinski definition) is 0. The van der Waals surface area contributed by atoms with Crippen LogP contribution in [0.15, 0.2) is 71.4 Å². The first kappa shape index (κ1) is 29.5. The molecular weight excluding hydrogens is 516 g/mol. The van der Waals surface area contributed by atoms with E-state index in [9.17, 15) is 14.9 Å². The van der Waals surface area contributed by atoms with Gasteiger partial charge in [-0.1, -0.05) is 25.1 Å². The molecule has 1 aliphatic heterocycles. The first-order valence-electron chi connectivity index (χ1n) is 13.9. The van der Waals surface area contributed by atoms with Crippen molar-refractivity contribution in [3.8, 4) is 28.8 Å². The molecular formula is C33H36N4O4. The van der Waals surface area contributed by atoms with Crippen molar-refractivity contribution in [1.29, 1.82) is 5.26 Å². The summed E-state index contributed by atoms with van der Waals surface area (Å²) in [4.78, 5) is 27.9. The van der Waals surface area contributed by atoms with E-state index in [1.54, 1.807) is 17.7 Å². The normalized spacial score (nSPS) is 14.8. The molecule has 1 aromatic heterocycles. The number of carbonyl (C=O) groups excluding carboxylic acids is 2. The summed E-state index contributed by atoms with van der Waals surface area (Å²) in [5.74, 6) is -0.226. The van der Waals surface area contributed by atoms with Gasteiger partial charge >= 0.3 is 0 Å². The zero-order valence-corrected chi connectivity index (χ0v) is 24.3. The molecule has 8 nitrogen and oxygen atoms in total. The monoisotopic (exact) mass is 552 g/mol. The van der Waals surface area contributed by atoms with E-state index in [0.717, 1.165) is 33.9 Å². The van der Waals surface area contributed by atoms with Gasteiger partial charge in [-0.3, -0.25) is 14.5 Å². The molecule has 0 spiro atoms. The van der Waals surface area contributed by atoms with Crippen LogP contribution in [0.25, 0.3) is 23.0 Å². The average Bonchev–Trinajstić information content (AvgIpc) is 3.38. The van der Waals surface area contributed by atoms with Crippen LogP contribution in [0.5, 0.6) is 5.75 Å². The Bertz CT molecular complexity index is 1530. The van der Waals surface area contributed by atoms with Gasteiger partial charge in [-0.2, -0.15) is 10.4 Å². The SMILES string of the molecule is CCCOc1ccc(-c2nn(-c3ccccc3)cc2/C=C2/C(=O)N(CCCOC(C)C)C(=O)C(C#N)=C2C)c(C)c1. The third-order valence-corrected chi connectivity index (χ3v) is 6.79. The Kier molecular flexibility index (Phi) is 9.53. The first-order chi connectivity index (χ1) is 19.7. The Morgan fingerprint density at radius 3 is 2.46 bits per heavy atom. The number of hydrogen-bond acceptors (Lipinski definition) is 6. The van der Waals surface area contributed by atoms with Crippen LogP contribution < -0.4 is 4.74 Å². The maximum absolute atomic E-state index is 13.7. The highest BCUT2D eigenvalue weighted by Crippen LogP contribution is 2.33. The zero-order chi connectivity index (χ0) is 29.5. The van der Waals surface area contributed by atoms with Gasteiger partial charge in [-0.15, -0.1) is 0 Å². The van der Waals surface area contributed by atoms with Crippen molar-refractivity contribution in [3.05, 3.63) is 82.6 Å². The smallest absolute Gasteiger partial charge is 0.271 e. The van der Waals surface area contributed by atoms with Gasteiger partial charge in [0.2, 0.25) is 0 Å². The number of nitrogens with zero attached hydrogens (tertiary/aromatic N) is 4. The van der Waals surface area contributed by atoms with Gasteiger partial charge in [0.1, 0.15) is 23.1 Å². The minimum absolute atomic E-state index is 0.0359. The van der Waals surface area contributed by atoms with Crippen molar-refractivity contribution >= 4 is 17.9 Å². The number of amides is 2. The lowest BCUT2D eigenvalue weighted by molar-refractivity contribution is -0.140. The number of imide groups is 1. The van der Waals surface area contributed by atoms with E-state index < -0.39 is 11.8 Å². The van der Waals surface area contributed by atoms with Crippen LogP contribution in [0.1, 0.15) is 51.7 Å². The van der Waals surface area contributed by atoms with E-state index >= 15 is 0 Å². The van der Waals surface area contributed by atoms with Gasteiger partial charge in [0.05, 0.1) is 18.4 Å². The lowest BCUT2D eigenvalue weighted by Crippen LogP contribution is -2.43.